The van der Waals surface area contributed by atoms with Gasteiger partial charge >= 0.3 is 18.5 Å². The first-order valence-electron chi connectivity index (χ1n) is 20.4. The van der Waals surface area contributed by atoms with E-state index >= 15 is 0 Å². The molecule has 0 atom stereocenters. The van der Waals surface area contributed by atoms with Crippen molar-refractivity contribution in [3.63, 3.8) is 0 Å². The molecule has 0 aliphatic carbocycles. The van der Waals surface area contributed by atoms with Crippen molar-refractivity contribution < 1.29 is 44.0 Å². The Morgan fingerprint density at radius 1 is 0.349 bits per heavy atom. The topological polar surface area (TPSA) is 0 Å². The first-order valence-corrected chi connectivity index (χ1v) is 20.4. The maximum Gasteiger partial charge on any atom is 0.417 e. The van der Waals surface area contributed by atoms with Crippen LogP contribution in [0.2, 0.25) is 0 Å². The summed E-state index contributed by atoms with van der Waals surface area (Å²) in [5, 5.41) is 7.13. The highest BCUT2D eigenvalue weighted by molar-refractivity contribution is 6.11. The van der Waals surface area contributed by atoms with Gasteiger partial charge in [-0.2, -0.15) is 39.5 Å². The summed E-state index contributed by atoms with van der Waals surface area (Å²) < 4.78 is 133. The molecule has 9 aromatic rings. The van der Waals surface area contributed by atoms with Crippen LogP contribution < -0.4 is 0 Å². The number of nitrogens with zero attached hydrogens (tertiary/aromatic N) is 1. The van der Waals surface area contributed by atoms with Crippen LogP contribution >= 0.6 is 0 Å². The van der Waals surface area contributed by atoms with E-state index in [2.05, 4.69) is 54.6 Å². The lowest BCUT2D eigenvalue weighted by Gasteiger charge is -2.38. The third kappa shape index (κ3) is 6.28. The molecule has 0 saturated heterocycles. The maximum absolute atomic E-state index is 14.8. The molecule has 9 aromatic carbocycles. The first kappa shape index (κ1) is 39.2. The molecule has 0 fully saturated rings. The van der Waals surface area contributed by atoms with E-state index in [1.807, 2.05) is 66.7 Å². The summed E-state index contributed by atoms with van der Waals surface area (Å²) in [5.74, 6) is 0. The third-order valence-electron chi connectivity index (χ3n) is 13.1. The molecule has 0 unspecified atom stereocenters. The van der Waals surface area contributed by atoms with Crippen molar-refractivity contribution in [2.75, 3.05) is 0 Å². The molecule has 0 aromatic heterocycles. The highest BCUT2D eigenvalue weighted by Crippen LogP contribution is 2.54. The van der Waals surface area contributed by atoms with Crippen molar-refractivity contribution in [2.45, 2.75) is 44.7 Å². The minimum atomic E-state index is -5.96. The standard InChI is InChI=1S/C53H33F9N/c54-51(55,56)44-24-37(25-45(52(57,58)59)50(44)53(60,61)62)42-23-33-12-4-8-16-41(33)49-43(42)29-63(28-36-22-19-32-11-3-7-15-40(32)48(36)49)26-34-20-17-30-9-1-5-13-38(30)46(34)47-35(27-63)21-18-31-10-2-6-14-39(31)47/h1-25H,26-29H2/q+1. The number of fused-ring (bicyclic) bond motifs is 14. The van der Waals surface area contributed by atoms with Gasteiger partial charge in [-0.25, -0.2) is 0 Å². The maximum atomic E-state index is 14.8. The van der Waals surface area contributed by atoms with Crippen LogP contribution in [0.1, 0.15) is 38.9 Å². The van der Waals surface area contributed by atoms with Gasteiger partial charge < -0.3 is 4.48 Å². The van der Waals surface area contributed by atoms with Gasteiger partial charge in [0.2, 0.25) is 0 Å². The van der Waals surface area contributed by atoms with Gasteiger partial charge in [-0.05, 0) is 89.1 Å². The van der Waals surface area contributed by atoms with E-state index in [0.29, 0.717) is 36.1 Å². The fourth-order valence-electron chi connectivity index (χ4n) is 10.6. The van der Waals surface area contributed by atoms with Crippen molar-refractivity contribution in [1.82, 2.24) is 0 Å². The van der Waals surface area contributed by atoms with E-state index in [9.17, 15) is 39.5 Å². The number of hydrogen-bond donors (Lipinski definition) is 0. The summed E-state index contributed by atoms with van der Waals surface area (Å²) >= 11 is 0. The van der Waals surface area contributed by atoms with Crippen molar-refractivity contribution in [2.24, 2.45) is 0 Å². The largest absolute Gasteiger partial charge is 0.417 e. The molecule has 11 rings (SSSR count). The molecule has 63 heavy (non-hydrogen) atoms. The number of rotatable bonds is 1. The van der Waals surface area contributed by atoms with Gasteiger partial charge in [-0.3, -0.25) is 0 Å². The Hall–Kier alpha value is -6.65. The van der Waals surface area contributed by atoms with Gasteiger partial charge in [0.05, 0.1) is 16.7 Å². The van der Waals surface area contributed by atoms with E-state index in [1.165, 1.54) is 0 Å². The van der Waals surface area contributed by atoms with Gasteiger partial charge in [0.25, 0.3) is 0 Å². The van der Waals surface area contributed by atoms with Crippen molar-refractivity contribution in [3.8, 4) is 33.4 Å². The SMILES string of the molecule is FC(F)(F)c1cc(-c2cc3ccccc3c3c2C[N+]2(Cc4ccc5ccccc5c4-c4c(ccc5ccccc45)C2)Cc2ccc4ccccc4c2-3)cc(C(F)(F)F)c1C(F)(F)F. The molecule has 2 heterocycles. The van der Waals surface area contributed by atoms with Crippen LogP contribution in [-0.4, -0.2) is 4.48 Å². The van der Waals surface area contributed by atoms with Crippen LogP contribution in [-0.2, 0) is 44.7 Å². The molecule has 0 amide bonds. The molecule has 2 aliphatic heterocycles. The molecule has 1 spiro atoms. The number of benzene rings is 9. The fourth-order valence-corrected chi connectivity index (χ4v) is 10.6. The molecule has 2 aliphatic rings. The predicted molar refractivity (Wildman–Crippen MR) is 229 cm³/mol. The Balaban J connectivity index is 1.28. The van der Waals surface area contributed by atoms with Gasteiger partial charge in [0.15, 0.2) is 0 Å². The summed E-state index contributed by atoms with van der Waals surface area (Å²) in [5.41, 5.74) is -1.15. The van der Waals surface area contributed by atoms with Crippen molar-refractivity contribution >= 4 is 43.1 Å². The Bertz CT molecular complexity index is 3250. The average molecular weight is 855 g/mol. The van der Waals surface area contributed by atoms with Gasteiger partial charge in [0, 0.05) is 27.8 Å². The lowest BCUT2D eigenvalue weighted by Crippen LogP contribution is -2.44. The zero-order valence-electron chi connectivity index (χ0n) is 33.1. The normalized spacial score (nSPS) is 14.9. The smallest absolute Gasteiger partial charge is 0.309 e. The Kier molecular flexibility index (Phi) is 8.51. The quantitative estimate of drug-likeness (QED) is 0.114. The van der Waals surface area contributed by atoms with Crippen molar-refractivity contribution in [3.05, 3.63) is 191 Å². The Morgan fingerprint density at radius 2 is 0.714 bits per heavy atom. The van der Waals surface area contributed by atoms with Crippen LogP contribution in [0.4, 0.5) is 39.5 Å². The van der Waals surface area contributed by atoms with Crippen molar-refractivity contribution in [1.29, 1.82) is 0 Å². The molecular formula is C53H33F9N+. The number of alkyl halides is 9. The monoisotopic (exact) mass is 854 g/mol. The predicted octanol–water partition coefficient (Wildman–Crippen LogP) is 15.9. The van der Waals surface area contributed by atoms with E-state index < -0.39 is 40.8 Å². The van der Waals surface area contributed by atoms with E-state index in [-0.39, 0.29) is 28.7 Å². The highest BCUT2D eigenvalue weighted by Gasteiger charge is 2.51. The van der Waals surface area contributed by atoms with Crippen LogP contribution in [0.15, 0.2) is 152 Å². The molecule has 0 radical (unpaired) electrons. The van der Waals surface area contributed by atoms with Crippen LogP contribution in [0.25, 0.3) is 76.5 Å². The summed E-state index contributed by atoms with van der Waals surface area (Å²) in [7, 11) is 0. The van der Waals surface area contributed by atoms with E-state index in [1.54, 1.807) is 18.2 Å². The average Bonchev–Trinajstić information content (AvgIpc) is 3.49. The van der Waals surface area contributed by atoms with Gasteiger partial charge in [-0.15, -0.1) is 0 Å². The summed E-state index contributed by atoms with van der Waals surface area (Å²) in [6.07, 6.45) is -17.5. The van der Waals surface area contributed by atoms with Gasteiger partial charge in [-0.1, -0.05) is 133 Å². The van der Waals surface area contributed by atoms with Crippen LogP contribution in [0.5, 0.6) is 0 Å². The summed E-state index contributed by atoms with van der Waals surface area (Å²) in [6, 6.07) is 45.7. The zero-order chi connectivity index (χ0) is 43.6. The molecule has 312 valence electrons. The second-order valence-electron chi connectivity index (χ2n) is 16.9. The zero-order valence-corrected chi connectivity index (χ0v) is 33.1. The second-order valence-corrected chi connectivity index (χ2v) is 16.9. The van der Waals surface area contributed by atoms with Crippen LogP contribution in [0, 0.1) is 0 Å². The van der Waals surface area contributed by atoms with E-state index in [0.717, 1.165) is 71.1 Å². The molecule has 10 heteroatoms. The van der Waals surface area contributed by atoms with Crippen LogP contribution in [0.3, 0.4) is 0 Å². The Labute approximate surface area is 354 Å². The molecule has 0 saturated carbocycles. The second kappa shape index (κ2) is 13.7. The third-order valence-corrected chi connectivity index (χ3v) is 13.1. The fraction of sp³-hybridized carbons (Fsp3) is 0.132. The summed E-state index contributed by atoms with van der Waals surface area (Å²) in [6.45, 7) is 1.40. The molecule has 0 N–H and O–H groups in total. The highest BCUT2D eigenvalue weighted by atomic mass is 19.4. The lowest BCUT2D eigenvalue weighted by atomic mass is 9.83. The minimum absolute atomic E-state index is 0.00780. The Morgan fingerprint density at radius 3 is 1.11 bits per heavy atom. The lowest BCUT2D eigenvalue weighted by molar-refractivity contribution is -0.977. The van der Waals surface area contributed by atoms with E-state index in [4.69, 9.17) is 0 Å². The number of halogens is 9. The first-order chi connectivity index (χ1) is 30.1. The number of quaternary nitrogens is 1. The summed E-state index contributed by atoms with van der Waals surface area (Å²) in [4.78, 5) is 0. The molecule has 0 bridgehead atoms. The molecule has 1 nitrogen and oxygen atoms in total. The molecular weight excluding hydrogens is 822 g/mol. The number of hydrogen-bond acceptors (Lipinski definition) is 0. The van der Waals surface area contributed by atoms with Gasteiger partial charge in [0.1, 0.15) is 26.2 Å². The minimum Gasteiger partial charge on any atom is -0.309 e.